The molecule has 0 spiro atoms. The van der Waals surface area contributed by atoms with Crippen molar-refractivity contribution in [2.45, 2.75) is 6.54 Å². The Hall–Kier alpha value is -1.85. The molecule has 0 aliphatic carbocycles. The van der Waals surface area contributed by atoms with E-state index in [9.17, 15) is 0 Å². The van der Waals surface area contributed by atoms with Crippen molar-refractivity contribution >= 4 is 42.3 Å². The molecule has 0 aromatic carbocycles. The third-order valence-electron chi connectivity index (χ3n) is 3.61. The Balaban J connectivity index is 1.94. The third-order valence-corrected chi connectivity index (χ3v) is 6.05. The maximum absolute atomic E-state index is 4.26. The number of aromatic nitrogens is 3. The minimum atomic E-state index is 0.960. The topological polar surface area (TPSA) is 29.7 Å². The molecule has 90 valence electrons. The van der Waals surface area contributed by atoms with Crippen LogP contribution in [0, 0.1) is 0 Å². The van der Waals surface area contributed by atoms with Crippen molar-refractivity contribution in [1.29, 1.82) is 0 Å². The third kappa shape index (κ3) is 1.19. The number of pyridine rings is 2. The second-order valence-corrected chi connectivity index (χ2v) is 6.95. The molecule has 0 amide bonds. The van der Waals surface area contributed by atoms with Crippen LogP contribution in [0.3, 0.4) is 0 Å². The highest BCUT2D eigenvalue weighted by Crippen LogP contribution is 2.41. The minimum Gasteiger partial charge on any atom is -0.264 e. The van der Waals surface area contributed by atoms with Crippen LogP contribution in [0.15, 0.2) is 36.9 Å². The van der Waals surface area contributed by atoms with Gasteiger partial charge in [0.25, 0.3) is 5.01 Å². The van der Waals surface area contributed by atoms with Crippen LogP contribution in [0.2, 0.25) is 0 Å². The lowest BCUT2D eigenvalue weighted by Gasteiger charge is -1.89. The fourth-order valence-corrected chi connectivity index (χ4v) is 5.39. The molecule has 0 bridgehead atoms. The summed E-state index contributed by atoms with van der Waals surface area (Å²) in [6, 6.07) is 4.24. The van der Waals surface area contributed by atoms with E-state index in [1.54, 1.807) is 0 Å². The molecule has 0 atom stereocenters. The molecule has 0 saturated heterocycles. The fraction of sp³-hybridized carbons (Fsp3) is 0.0714. The molecule has 3 nitrogen and oxygen atoms in total. The molecular weight excluding hydrogens is 274 g/mol. The maximum atomic E-state index is 4.26. The summed E-state index contributed by atoms with van der Waals surface area (Å²) >= 11 is 3.70. The van der Waals surface area contributed by atoms with Gasteiger partial charge in [-0.3, -0.25) is 9.97 Å². The van der Waals surface area contributed by atoms with Crippen molar-refractivity contribution in [3.8, 4) is 10.6 Å². The second kappa shape index (κ2) is 3.37. The number of fused-ring (bicyclic) bond motifs is 7. The Morgan fingerprint density at radius 3 is 2.95 bits per heavy atom. The van der Waals surface area contributed by atoms with E-state index in [0.29, 0.717) is 0 Å². The lowest BCUT2D eigenvalue weighted by Crippen LogP contribution is -2.30. The normalized spacial score (nSPS) is 13.1. The van der Waals surface area contributed by atoms with Gasteiger partial charge < -0.3 is 0 Å². The average molecular weight is 282 g/mol. The first-order valence-corrected chi connectivity index (χ1v) is 7.67. The van der Waals surface area contributed by atoms with Crippen LogP contribution in [0.1, 0.15) is 5.56 Å². The van der Waals surface area contributed by atoms with Gasteiger partial charge in [0, 0.05) is 30.4 Å². The van der Waals surface area contributed by atoms with Crippen molar-refractivity contribution in [3.63, 3.8) is 0 Å². The van der Waals surface area contributed by atoms with Gasteiger partial charge in [-0.05, 0) is 12.1 Å². The van der Waals surface area contributed by atoms with E-state index in [1.807, 2.05) is 47.5 Å². The molecular formula is C14H8N3S2+. The Morgan fingerprint density at radius 1 is 1.05 bits per heavy atom. The molecule has 5 heterocycles. The Morgan fingerprint density at radius 2 is 1.95 bits per heavy atom. The molecule has 4 aromatic heterocycles. The molecule has 1 aliphatic heterocycles. The molecule has 5 rings (SSSR count). The Bertz CT molecular complexity index is 952. The summed E-state index contributed by atoms with van der Waals surface area (Å²) in [5, 5.41) is 2.65. The zero-order valence-electron chi connectivity index (χ0n) is 9.83. The standard InChI is InChI=1S/C14H8N3S2/c1-3-15-5-10-8(1)7-17-12-9-2-4-16-6-11(9)18-14(12)19-13(10)17/h1-6H,7H2/q+1. The first-order chi connectivity index (χ1) is 9.42. The molecule has 4 aromatic rings. The monoisotopic (exact) mass is 282 g/mol. The van der Waals surface area contributed by atoms with E-state index in [2.05, 4.69) is 26.7 Å². The summed E-state index contributed by atoms with van der Waals surface area (Å²) < 4.78 is 5.08. The van der Waals surface area contributed by atoms with Crippen LogP contribution in [-0.2, 0) is 6.54 Å². The van der Waals surface area contributed by atoms with Gasteiger partial charge in [0.1, 0.15) is 0 Å². The van der Waals surface area contributed by atoms with Gasteiger partial charge in [-0.25, -0.2) is 0 Å². The van der Waals surface area contributed by atoms with Crippen LogP contribution < -0.4 is 4.57 Å². The number of thiophene rings is 1. The summed E-state index contributed by atoms with van der Waals surface area (Å²) in [6.45, 7) is 0.960. The average Bonchev–Trinajstić information content (AvgIpc) is 3.05. The predicted octanol–water partition coefficient (Wildman–Crippen LogP) is 3.22. The van der Waals surface area contributed by atoms with Crippen molar-refractivity contribution in [2.24, 2.45) is 0 Å². The highest BCUT2D eigenvalue weighted by atomic mass is 32.2. The Labute approximate surface area is 116 Å². The van der Waals surface area contributed by atoms with E-state index in [0.717, 1.165) is 6.54 Å². The van der Waals surface area contributed by atoms with Crippen LogP contribution >= 0.6 is 22.7 Å². The summed E-state index contributed by atoms with van der Waals surface area (Å²) in [7, 11) is 0. The van der Waals surface area contributed by atoms with Crippen molar-refractivity contribution in [2.75, 3.05) is 0 Å². The highest BCUT2D eigenvalue weighted by Gasteiger charge is 2.33. The fourth-order valence-electron chi connectivity index (χ4n) is 2.76. The zero-order valence-corrected chi connectivity index (χ0v) is 11.5. The summed E-state index contributed by atoms with van der Waals surface area (Å²) in [6.07, 6.45) is 7.70. The number of nitrogens with zero attached hydrogens (tertiary/aromatic N) is 3. The van der Waals surface area contributed by atoms with E-state index in [4.69, 9.17) is 0 Å². The number of thiazole rings is 1. The van der Waals surface area contributed by atoms with Crippen molar-refractivity contribution in [3.05, 3.63) is 42.5 Å². The first-order valence-electron chi connectivity index (χ1n) is 6.04. The molecule has 0 N–H and O–H groups in total. The van der Waals surface area contributed by atoms with Gasteiger partial charge in [-0.1, -0.05) is 11.3 Å². The molecule has 19 heavy (non-hydrogen) atoms. The molecule has 0 saturated carbocycles. The zero-order chi connectivity index (χ0) is 12.4. The van der Waals surface area contributed by atoms with E-state index in [-0.39, 0.29) is 0 Å². The molecule has 0 fully saturated rings. The molecule has 1 aliphatic rings. The largest absolute Gasteiger partial charge is 0.273 e. The SMILES string of the molecule is c1cc2c(cn1)-c1sc3sc4cnccc4c3[n+]1C2. The van der Waals surface area contributed by atoms with Gasteiger partial charge in [0.2, 0.25) is 5.52 Å². The summed E-state index contributed by atoms with van der Waals surface area (Å²) in [4.78, 5) is 8.48. The van der Waals surface area contributed by atoms with Gasteiger partial charge in [-0.15, -0.1) is 11.3 Å². The Kier molecular flexibility index (Phi) is 1.78. The lowest BCUT2D eigenvalue weighted by molar-refractivity contribution is -0.641. The van der Waals surface area contributed by atoms with Crippen molar-refractivity contribution < 1.29 is 4.57 Å². The lowest BCUT2D eigenvalue weighted by atomic mass is 10.2. The smallest absolute Gasteiger partial charge is 0.264 e. The maximum Gasteiger partial charge on any atom is 0.273 e. The van der Waals surface area contributed by atoms with Crippen LogP contribution in [0.4, 0.5) is 0 Å². The number of rotatable bonds is 0. The second-order valence-electron chi connectivity index (χ2n) is 4.64. The number of hydrogen-bond acceptors (Lipinski definition) is 4. The van der Waals surface area contributed by atoms with Crippen molar-refractivity contribution in [1.82, 2.24) is 9.97 Å². The molecule has 0 unspecified atom stereocenters. The highest BCUT2D eigenvalue weighted by molar-refractivity contribution is 7.42. The van der Waals surface area contributed by atoms with E-state index >= 15 is 0 Å². The van der Waals surface area contributed by atoms with Gasteiger partial charge in [0.05, 0.1) is 15.6 Å². The molecule has 0 radical (unpaired) electrons. The van der Waals surface area contributed by atoms with Gasteiger partial charge >= 0.3 is 0 Å². The number of hydrogen-bond donors (Lipinski definition) is 0. The molecule has 5 heteroatoms. The quantitative estimate of drug-likeness (QED) is 0.408. The van der Waals surface area contributed by atoms with Gasteiger partial charge in [-0.2, -0.15) is 4.57 Å². The summed E-state index contributed by atoms with van der Waals surface area (Å²) in [5.74, 6) is 0. The van der Waals surface area contributed by atoms with E-state index < -0.39 is 0 Å². The van der Waals surface area contributed by atoms with E-state index in [1.165, 1.54) is 35.8 Å². The first kappa shape index (κ1) is 10.00. The van der Waals surface area contributed by atoms with Crippen LogP contribution in [-0.4, -0.2) is 9.97 Å². The minimum absolute atomic E-state index is 0.960. The van der Waals surface area contributed by atoms with Gasteiger partial charge in [0.15, 0.2) is 10.6 Å². The van der Waals surface area contributed by atoms with Crippen LogP contribution in [0.25, 0.3) is 30.2 Å². The van der Waals surface area contributed by atoms with Crippen LogP contribution in [0.5, 0.6) is 0 Å². The predicted molar refractivity (Wildman–Crippen MR) is 77.5 cm³/mol. The summed E-state index contributed by atoms with van der Waals surface area (Å²) in [5.41, 5.74) is 4.02.